The molecule has 1 aliphatic carbocycles. The Morgan fingerprint density at radius 1 is 1.33 bits per heavy atom. The van der Waals surface area contributed by atoms with Gasteiger partial charge in [-0.05, 0) is 26.0 Å². The number of carbonyl (C=O) groups excluding carboxylic acids is 1. The Labute approximate surface area is 119 Å². The zero-order chi connectivity index (χ0) is 15.4. The van der Waals surface area contributed by atoms with Gasteiger partial charge in [-0.25, -0.2) is 0 Å². The minimum absolute atomic E-state index is 0.241. The highest BCUT2D eigenvalue weighted by Crippen LogP contribution is 2.42. The van der Waals surface area contributed by atoms with Gasteiger partial charge in [0.1, 0.15) is 17.8 Å². The van der Waals surface area contributed by atoms with Gasteiger partial charge in [0.2, 0.25) is 0 Å². The molecule has 5 atom stereocenters. The van der Waals surface area contributed by atoms with Crippen LogP contribution in [0.5, 0.6) is 0 Å². The van der Waals surface area contributed by atoms with E-state index in [-0.39, 0.29) is 5.76 Å². The molecule has 3 rings (SSSR count). The van der Waals surface area contributed by atoms with Crippen molar-refractivity contribution in [1.29, 1.82) is 0 Å². The quantitative estimate of drug-likeness (QED) is 0.623. The number of ether oxygens (including phenoxy) is 2. The highest BCUT2D eigenvalue weighted by molar-refractivity contribution is 5.90. The monoisotopic (exact) mass is 297 g/mol. The summed E-state index contributed by atoms with van der Waals surface area (Å²) in [5.74, 6) is -2.36. The lowest BCUT2D eigenvalue weighted by atomic mass is 9.75. The van der Waals surface area contributed by atoms with Crippen LogP contribution in [0.25, 0.3) is 0 Å². The molecular weight excluding hydrogens is 282 g/mol. The SMILES string of the molecule is CC1(C)O[C@@H]2C(=O)[C@H](O1)[C@H](O)[C@@H]([N+](=O)[O-])[C@@H]2c1ccco1. The van der Waals surface area contributed by atoms with Gasteiger partial charge >= 0.3 is 0 Å². The second-order valence-corrected chi connectivity index (χ2v) is 5.69. The Morgan fingerprint density at radius 3 is 2.57 bits per heavy atom. The number of Topliss-reactive ketones (excluding diaryl/α,β-unsaturated/α-hetero) is 1. The summed E-state index contributed by atoms with van der Waals surface area (Å²) in [5.41, 5.74) is 0. The average Bonchev–Trinajstić information content (AvgIpc) is 2.89. The first-order valence-electron chi connectivity index (χ1n) is 6.56. The van der Waals surface area contributed by atoms with Crippen LogP contribution in [-0.2, 0) is 14.3 Å². The van der Waals surface area contributed by atoms with Gasteiger partial charge < -0.3 is 19.0 Å². The van der Waals surface area contributed by atoms with Crippen molar-refractivity contribution >= 4 is 5.78 Å². The van der Waals surface area contributed by atoms with Crippen LogP contribution in [0.1, 0.15) is 25.5 Å². The van der Waals surface area contributed by atoms with Crippen LogP contribution in [0, 0.1) is 10.1 Å². The second kappa shape index (κ2) is 4.62. The number of aliphatic hydroxyl groups is 1. The molecule has 1 N–H and O–H groups in total. The lowest BCUT2D eigenvalue weighted by molar-refractivity contribution is -0.551. The molecule has 1 aromatic rings. The van der Waals surface area contributed by atoms with Crippen LogP contribution in [0.3, 0.4) is 0 Å². The summed E-state index contributed by atoms with van der Waals surface area (Å²) < 4.78 is 16.2. The van der Waals surface area contributed by atoms with E-state index in [2.05, 4.69) is 0 Å². The van der Waals surface area contributed by atoms with Gasteiger partial charge in [0.05, 0.1) is 6.26 Å². The van der Waals surface area contributed by atoms with E-state index < -0.39 is 46.8 Å². The van der Waals surface area contributed by atoms with Crippen molar-refractivity contribution in [2.45, 2.75) is 49.9 Å². The Kier molecular flexibility index (Phi) is 3.12. The maximum atomic E-state index is 12.3. The van der Waals surface area contributed by atoms with Gasteiger partial charge in [-0.15, -0.1) is 0 Å². The van der Waals surface area contributed by atoms with E-state index in [9.17, 15) is 20.0 Å². The third-order valence-electron chi connectivity index (χ3n) is 3.85. The summed E-state index contributed by atoms with van der Waals surface area (Å²) in [6, 6.07) is 1.67. The maximum absolute atomic E-state index is 12.3. The van der Waals surface area contributed by atoms with Crippen molar-refractivity contribution in [2.24, 2.45) is 0 Å². The first kappa shape index (κ1) is 14.2. The van der Waals surface area contributed by atoms with Crippen molar-refractivity contribution in [2.75, 3.05) is 0 Å². The Balaban J connectivity index is 2.09. The van der Waals surface area contributed by atoms with Gasteiger partial charge in [0.25, 0.3) is 6.04 Å². The van der Waals surface area contributed by atoms with Gasteiger partial charge in [-0.2, -0.15) is 0 Å². The molecule has 8 nitrogen and oxygen atoms in total. The predicted octanol–water partition coefficient (Wildman–Crippen LogP) is 0.472. The molecule has 2 aliphatic rings. The van der Waals surface area contributed by atoms with E-state index in [4.69, 9.17) is 13.9 Å². The number of hydrogen-bond acceptors (Lipinski definition) is 7. The van der Waals surface area contributed by atoms with Gasteiger partial charge in [0, 0.05) is 4.92 Å². The molecule has 2 fully saturated rings. The van der Waals surface area contributed by atoms with Gasteiger partial charge in [-0.3, -0.25) is 14.9 Å². The Morgan fingerprint density at radius 2 is 2.00 bits per heavy atom. The second-order valence-electron chi connectivity index (χ2n) is 5.69. The van der Waals surface area contributed by atoms with Gasteiger partial charge in [0.15, 0.2) is 23.8 Å². The average molecular weight is 297 g/mol. The first-order chi connectivity index (χ1) is 9.82. The zero-order valence-electron chi connectivity index (χ0n) is 11.5. The summed E-state index contributed by atoms with van der Waals surface area (Å²) >= 11 is 0. The van der Waals surface area contributed by atoms with Crippen molar-refractivity contribution in [3.63, 3.8) is 0 Å². The number of nitrogens with zero attached hydrogens (tertiary/aromatic N) is 1. The summed E-state index contributed by atoms with van der Waals surface area (Å²) in [4.78, 5) is 23.0. The molecule has 0 spiro atoms. The minimum atomic E-state index is -1.55. The van der Waals surface area contributed by atoms with Crippen molar-refractivity contribution in [1.82, 2.24) is 0 Å². The molecule has 8 heteroatoms. The number of carbonyl (C=O) groups is 1. The van der Waals surface area contributed by atoms with E-state index in [0.29, 0.717) is 0 Å². The molecule has 0 radical (unpaired) electrons. The Hall–Kier alpha value is -1.77. The largest absolute Gasteiger partial charge is 0.469 e. The number of aliphatic hydroxyl groups excluding tert-OH is 1. The zero-order valence-corrected chi connectivity index (χ0v) is 11.5. The molecule has 2 bridgehead atoms. The highest BCUT2D eigenvalue weighted by atomic mass is 16.7. The van der Waals surface area contributed by atoms with Gasteiger partial charge in [-0.1, -0.05) is 0 Å². The van der Waals surface area contributed by atoms with E-state index in [1.54, 1.807) is 19.9 Å². The van der Waals surface area contributed by atoms with Crippen LogP contribution >= 0.6 is 0 Å². The number of fused-ring (bicyclic) bond motifs is 2. The topological polar surface area (TPSA) is 112 Å². The fourth-order valence-corrected chi connectivity index (χ4v) is 3.03. The maximum Gasteiger partial charge on any atom is 0.254 e. The summed E-state index contributed by atoms with van der Waals surface area (Å²) in [5, 5.41) is 21.6. The molecule has 0 aromatic carbocycles. The third kappa shape index (κ3) is 2.15. The summed E-state index contributed by atoms with van der Waals surface area (Å²) in [7, 11) is 0. The van der Waals surface area contributed by atoms with E-state index in [1.165, 1.54) is 12.3 Å². The van der Waals surface area contributed by atoms with E-state index in [0.717, 1.165) is 0 Å². The fraction of sp³-hybridized carbons (Fsp3) is 0.615. The molecule has 1 saturated carbocycles. The van der Waals surface area contributed by atoms with Crippen LogP contribution in [0.4, 0.5) is 0 Å². The molecule has 0 unspecified atom stereocenters. The van der Waals surface area contributed by atoms with Crippen molar-refractivity contribution in [3.8, 4) is 0 Å². The predicted molar refractivity (Wildman–Crippen MR) is 67.1 cm³/mol. The first-order valence-corrected chi connectivity index (χ1v) is 6.56. The number of ketones is 1. The third-order valence-corrected chi connectivity index (χ3v) is 3.85. The standard InChI is InChI=1S/C13H15NO7/c1-13(2)20-11-7(6-4-3-5-19-6)8(14(17)18)9(15)12(21-13)10(11)16/h3-5,7-9,11-12,15H,1-2H3/t7-,8-,9+,11-,12+/m0/s1. The number of rotatable bonds is 2. The highest BCUT2D eigenvalue weighted by Gasteiger charge is 2.63. The van der Waals surface area contributed by atoms with Crippen LogP contribution in [0.2, 0.25) is 0 Å². The van der Waals surface area contributed by atoms with Crippen LogP contribution in [0.15, 0.2) is 22.8 Å². The molecule has 21 heavy (non-hydrogen) atoms. The molecule has 2 heterocycles. The smallest absolute Gasteiger partial charge is 0.254 e. The molecule has 114 valence electrons. The minimum Gasteiger partial charge on any atom is -0.469 e. The van der Waals surface area contributed by atoms with Crippen LogP contribution < -0.4 is 0 Å². The fourth-order valence-electron chi connectivity index (χ4n) is 3.03. The molecule has 1 aromatic heterocycles. The molecule has 1 aliphatic heterocycles. The lowest BCUT2D eigenvalue weighted by Crippen LogP contribution is -2.67. The Bertz CT molecular complexity index is 567. The van der Waals surface area contributed by atoms with Crippen LogP contribution in [-0.4, -0.2) is 46.0 Å². The van der Waals surface area contributed by atoms with Crippen molar-refractivity contribution in [3.05, 3.63) is 34.3 Å². The normalized spacial score (nSPS) is 38.2. The number of nitro groups is 1. The van der Waals surface area contributed by atoms with Crippen molar-refractivity contribution < 1.29 is 28.7 Å². The lowest BCUT2D eigenvalue weighted by Gasteiger charge is -2.47. The van der Waals surface area contributed by atoms with E-state index >= 15 is 0 Å². The molecule has 1 saturated heterocycles. The molecule has 0 amide bonds. The molecular formula is C13H15NO7. The number of hydrogen-bond donors (Lipinski definition) is 1. The summed E-state index contributed by atoms with van der Waals surface area (Å²) in [6.07, 6.45) is -2.54. The van der Waals surface area contributed by atoms with E-state index in [1.807, 2.05) is 0 Å². The number of furan rings is 1. The summed E-state index contributed by atoms with van der Waals surface area (Å²) in [6.45, 7) is 3.19.